The van der Waals surface area contributed by atoms with Gasteiger partial charge in [0.2, 0.25) is 0 Å². The lowest BCUT2D eigenvalue weighted by Crippen LogP contribution is -2.33. The molecule has 0 spiro atoms. The summed E-state index contributed by atoms with van der Waals surface area (Å²) in [4.78, 5) is 24.3. The van der Waals surface area contributed by atoms with Gasteiger partial charge >= 0.3 is 12.1 Å². The molecule has 0 saturated carbocycles. The lowest BCUT2D eigenvalue weighted by Gasteiger charge is -2.20. The number of benzene rings is 1. The Morgan fingerprint density at radius 2 is 1.88 bits per heavy atom. The third-order valence-corrected chi connectivity index (χ3v) is 2.92. The molecule has 0 saturated heterocycles. The molecule has 1 N–H and O–H groups in total. The minimum Gasteiger partial charge on any atom is -0.472 e. The van der Waals surface area contributed by atoms with Gasteiger partial charge in [0.25, 0.3) is 0 Å². The van der Waals surface area contributed by atoms with Crippen LogP contribution in [0, 0.1) is 0 Å². The first kappa shape index (κ1) is 18.3. The Balaban J connectivity index is 2.05. The van der Waals surface area contributed by atoms with Crippen LogP contribution >= 0.6 is 0 Å². The summed E-state index contributed by atoms with van der Waals surface area (Å²) < 4.78 is 15.4. The first-order valence-corrected chi connectivity index (χ1v) is 7.78. The van der Waals surface area contributed by atoms with Crippen LogP contribution in [0.15, 0.2) is 59.0 Å². The van der Waals surface area contributed by atoms with Crippen molar-refractivity contribution in [3.63, 3.8) is 0 Å². The summed E-state index contributed by atoms with van der Waals surface area (Å²) in [6.07, 6.45) is 3.62. The number of furan rings is 1. The smallest absolute Gasteiger partial charge is 0.412 e. The maximum atomic E-state index is 12.3. The first-order valence-electron chi connectivity index (χ1n) is 7.78. The molecule has 2 rings (SSSR count). The summed E-state index contributed by atoms with van der Waals surface area (Å²) in [6, 6.07) is 10.9. The zero-order valence-corrected chi connectivity index (χ0v) is 14.4. The molecule has 1 amide bonds. The van der Waals surface area contributed by atoms with Crippen LogP contribution in [0.3, 0.4) is 0 Å². The number of carbonyl (C=O) groups excluding carboxylic acids is 2. The molecular formula is C19H21NO5. The molecule has 0 unspecified atom stereocenters. The fourth-order valence-electron chi connectivity index (χ4n) is 1.87. The topological polar surface area (TPSA) is 77.8 Å². The van der Waals surface area contributed by atoms with Crippen LogP contribution < -0.4 is 5.32 Å². The molecule has 0 atom stereocenters. The molecule has 6 nitrogen and oxygen atoms in total. The highest BCUT2D eigenvalue weighted by Gasteiger charge is 2.22. The summed E-state index contributed by atoms with van der Waals surface area (Å²) >= 11 is 0. The average Bonchev–Trinajstić information content (AvgIpc) is 3.05. The van der Waals surface area contributed by atoms with Gasteiger partial charge < -0.3 is 13.9 Å². The zero-order chi connectivity index (χ0) is 18.3. The molecular weight excluding hydrogens is 322 g/mol. The third-order valence-electron chi connectivity index (χ3n) is 2.92. The van der Waals surface area contributed by atoms with E-state index < -0.39 is 17.7 Å². The maximum absolute atomic E-state index is 12.3. The zero-order valence-electron chi connectivity index (χ0n) is 14.4. The van der Waals surface area contributed by atoms with Crippen molar-refractivity contribution < 1.29 is 23.5 Å². The van der Waals surface area contributed by atoms with Gasteiger partial charge in [0.15, 0.2) is 0 Å². The van der Waals surface area contributed by atoms with Crippen LogP contribution in [0.25, 0.3) is 6.08 Å². The Morgan fingerprint density at radius 3 is 2.48 bits per heavy atom. The van der Waals surface area contributed by atoms with Crippen molar-refractivity contribution in [1.29, 1.82) is 0 Å². The monoisotopic (exact) mass is 343 g/mol. The molecule has 132 valence electrons. The van der Waals surface area contributed by atoms with Crippen LogP contribution in [-0.2, 0) is 20.9 Å². The summed E-state index contributed by atoms with van der Waals surface area (Å²) in [5.41, 5.74) is 0.733. The molecule has 1 aromatic heterocycles. The normalized spacial score (nSPS) is 11.7. The van der Waals surface area contributed by atoms with E-state index in [2.05, 4.69) is 5.32 Å². The number of alkyl carbamates (subject to hydrolysis) is 1. The van der Waals surface area contributed by atoms with Crippen LogP contribution in [0.2, 0.25) is 0 Å². The van der Waals surface area contributed by atoms with E-state index in [1.165, 1.54) is 18.6 Å². The Bertz CT molecular complexity index is 727. The number of rotatable bonds is 5. The van der Waals surface area contributed by atoms with Gasteiger partial charge in [-0.05, 0) is 38.5 Å². The molecule has 0 bridgehead atoms. The lowest BCUT2D eigenvalue weighted by atomic mass is 10.2. The van der Waals surface area contributed by atoms with Gasteiger partial charge in [0, 0.05) is 5.56 Å². The molecule has 25 heavy (non-hydrogen) atoms. The predicted molar refractivity (Wildman–Crippen MR) is 92.3 cm³/mol. The largest absolute Gasteiger partial charge is 0.472 e. The van der Waals surface area contributed by atoms with Crippen molar-refractivity contribution in [2.75, 3.05) is 0 Å². The van der Waals surface area contributed by atoms with Crippen LogP contribution in [0.4, 0.5) is 4.79 Å². The molecule has 0 fully saturated rings. The molecule has 6 heteroatoms. The van der Waals surface area contributed by atoms with E-state index in [1.807, 2.05) is 30.3 Å². The standard InChI is InChI=1S/C19H21NO5/c1-19(2,3)25-17(21)16(11-15-9-10-23-12-15)20-18(22)24-13-14-7-5-4-6-8-14/h4-12H,13H2,1-3H3,(H,20,22)/b16-11-. The minimum atomic E-state index is -0.746. The molecule has 2 aromatic rings. The number of hydrogen-bond acceptors (Lipinski definition) is 5. The van der Waals surface area contributed by atoms with E-state index in [0.717, 1.165) is 5.56 Å². The first-order chi connectivity index (χ1) is 11.8. The number of esters is 1. The molecule has 0 aliphatic rings. The average molecular weight is 343 g/mol. The van der Waals surface area contributed by atoms with E-state index in [4.69, 9.17) is 13.9 Å². The predicted octanol–water partition coefficient (Wildman–Crippen LogP) is 3.89. The van der Waals surface area contributed by atoms with E-state index in [1.54, 1.807) is 26.8 Å². The van der Waals surface area contributed by atoms with Gasteiger partial charge in [-0.3, -0.25) is 5.32 Å². The highest BCUT2D eigenvalue weighted by Crippen LogP contribution is 2.13. The van der Waals surface area contributed by atoms with Gasteiger partial charge in [-0.2, -0.15) is 0 Å². The van der Waals surface area contributed by atoms with Crippen LogP contribution in [0.5, 0.6) is 0 Å². The van der Waals surface area contributed by atoms with E-state index in [-0.39, 0.29) is 12.3 Å². The SMILES string of the molecule is CC(C)(C)OC(=O)/C(=C/c1ccoc1)NC(=O)OCc1ccccc1. The third kappa shape index (κ3) is 6.55. The Hall–Kier alpha value is -3.02. The maximum Gasteiger partial charge on any atom is 0.412 e. The van der Waals surface area contributed by atoms with E-state index >= 15 is 0 Å². The molecule has 0 aliphatic carbocycles. The Morgan fingerprint density at radius 1 is 1.16 bits per heavy atom. The molecule has 1 heterocycles. The van der Waals surface area contributed by atoms with Gasteiger partial charge in [0.05, 0.1) is 12.5 Å². The second-order valence-corrected chi connectivity index (χ2v) is 6.30. The summed E-state index contributed by atoms with van der Waals surface area (Å²) in [5.74, 6) is -0.662. The number of nitrogens with one attached hydrogen (secondary N) is 1. The van der Waals surface area contributed by atoms with Crippen molar-refractivity contribution in [2.45, 2.75) is 33.0 Å². The van der Waals surface area contributed by atoms with Gasteiger partial charge in [0.1, 0.15) is 17.9 Å². The van der Waals surface area contributed by atoms with E-state index in [9.17, 15) is 9.59 Å². The second kappa shape index (κ2) is 8.19. The van der Waals surface area contributed by atoms with Crippen molar-refractivity contribution in [3.8, 4) is 0 Å². The highest BCUT2D eigenvalue weighted by molar-refractivity contribution is 5.96. The second-order valence-electron chi connectivity index (χ2n) is 6.30. The molecule has 0 aliphatic heterocycles. The van der Waals surface area contributed by atoms with Crippen molar-refractivity contribution >= 4 is 18.1 Å². The van der Waals surface area contributed by atoms with Crippen molar-refractivity contribution in [2.24, 2.45) is 0 Å². The quantitative estimate of drug-likeness (QED) is 0.658. The fourth-order valence-corrected chi connectivity index (χ4v) is 1.87. The Kier molecular flexibility index (Phi) is 6.00. The van der Waals surface area contributed by atoms with E-state index in [0.29, 0.717) is 5.56 Å². The number of amides is 1. The van der Waals surface area contributed by atoms with Crippen molar-refractivity contribution in [1.82, 2.24) is 5.32 Å². The molecule has 1 aromatic carbocycles. The van der Waals surface area contributed by atoms with Crippen LogP contribution in [0.1, 0.15) is 31.9 Å². The highest BCUT2D eigenvalue weighted by atomic mass is 16.6. The van der Waals surface area contributed by atoms with Gasteiger partial charge in [-0.1, -0.05) is 30.3 Å². The van der Waals surface area contributed by atoms with Crippen LogP contribution in [-0.4, -0.2) is 17.7 Å². The fraction of sp³-hybridized carbons (Fsp3) is 0.263. The minimum absolute atomic E-state index is 0.0330. The van der Waals surface area contributed by atoms with Gasteiger partial charge in [-0.15, -0.1) is 0 Å². The summed E-state index contributed by atoms with van der Waals surface area (Å²) in [6.45, 7) is 5.33. The summed E-state index contributed by atoms with van der Waals surface area (Å²) in [5, 5.41) is 2.43. The van der Waals surface area contributed by atoms with Gasteiger partial charge in [-0.25, -0.2) is 9.59 Å². The number of ether oxygens (including phenoxy) is 2. The number of hydrogen-bond donors (Lipinski definition) is 1. The Labute approximate surface area is 146 Å². The number of carbonyl (C=O) groups is 2. The lowest BCUT2D eigenvalue weighted by molar-refractivity contribution is -0.150. The summed E-state index contributed by atoms with van der Waals surface area (Å²) in [7, 11) is 0. The molecule has 0 radical (unpaired) electrons. The van der Waals surface area contributed by atoms with Crippen molar-refractivity contribution in [3.05, 3.63) is 65.7 Å².